The average molecular weight is 208 g/mol. The SMILES string of the molecule is CCC(CNCc1ccccn1)C(=O)O. The smallest absolute Gasteiger partial charge is 0.307 e. The molecule has 0 spiro atoms. The van der Waals surface area contributed by atoms with Crippen LogP contribution in [0.5, 0.6) is 0 Å². The molecule has 1 aromatic rings. The summed E-state index contributed by atoms with van der Waals surface area (Å²) < 4.78 is 0. The Labute approximate surface area is 89.3 Å². The zero-order valence-corrected chi connectivity index (χ0v) is 8.81. The summed E-state index contributed by atoms with van der Waals surface area (Å²) in [7, 11) is 0. The lowest BCUT2D eigenvalue weighted by Crippen LogP contribution is -2.27. The van der Waals surface area contributed by atoms with Crippen molar-refractivity contribution in [1.29, 1.82) is 0 Å². The fourth-order valence-electron chi connectivity index (χ4n) is 1.28. The maximum atomic E-state index is 10.7. The van der Waals surface area contributed by atoms with Gasteiger partial charge in [-0.3, -0.25) is 9.78 Å². The van der Waals surface area contributed by atoms with Crippen molar-refractivity contribution in [1.82, 2.24) is 10.3 Å². The van der Waals surface area contributed by atoms with Crippen molar-refractivity contribution < 1.29 is 9.90 Å². The van der Waals surface area contributed by atoms with Crippen molar-refractivity contribution in [3.8, 4) is 0 Å². The number of nitrogens with one attached hydrogen (secondary N) is 1. The number of carboxylic acid groups (broad SMARTS) is 1. The molecule has 0 saturated carbocycles. The van der Waals surface area contributed by atoms with Crippen molar-refractivity contribution >= 4 is 5.97 Å². The fourth-order valence-corrected chi connectivity index (χ4v) is 1.28. The summed E-state index contributed by atoms with van der Waals surface area (Å²) in [5.74, 6) is -1.06. The van der Waals surface area contributed by atoms with Gasteiger partial charge in [-0.05, 0) is 18.6 Å². The van der Waals surface area contributed by atoms with Crippen molar-refractivity contribution in [3.63, 3.8) is 0 Å². The largest absolute Gasteiger partial charge is 0.481 e. The van der Waals surface area contributed by atoms with Gasteiger partial charge in [0.25, 0.3) is 0 Å². The summed E-state index contributed by atoms with van der Waals surface area (Å²) >= 11 is 0. The van der Waals surface area contributed by atoms with Crippen LogP contribution in [-0.4, -0.2) is 22.6 Å². The third kappa shape index (κ3) is 4.08. The molecule has 0 bridgehead atoms. The van der Waals surface area contributed by atoms with E-state index in [1.165, 1.54) is 0 Å². The molecule has 0 aromatic carbocycles. The van der Waals surface area contributed by atoms with Crippen molar-refractivity contribution in [3.05, 3.63) is 30.1 Å². The third-order valence-corrected chi connectivity index (χ3v) is 2.27. The van der Waals surface area contributed by atoms with Gasteiger partial charge in [0.15, 0.2) is 0 Å². The van der Waals surface area contributed by atoms with Crippen LogP contribution in [-0.2, 0) is 11.3 Å². The van der Waals surface area contributed by atoms with Crippen molar-refractivity contribution in [2.24, 2.45) is 5.92 Å². The van der Waals surface area contributed by atoms with Gasteiger partial charge in [0.1, 0.15) is 0 Å². The molecule has 0 aliphatic carbocycles. The molecule has 1 heterocycles. The molecule has 0 saturated heterocycles. The lowest BCUT2D eigenvalue weighted by atomic mass is 10.1. The predicted molar refractivity (Wildman–Crippen MR) is 57.4 cm³/mol. The predicted octanol–water partition coefficient (Wildman–Crippen LogP) is 1.28. The highest BCUT2D eigenvalue weighted by Crippen LogP contribution is 2.01. The van der Waals surface area contributed by atoms with E-state index in [2.05, 4.69) is 10.3 Å². The highest BCUT2D eigenvalue weighted by Gasteiger charge is 2.13. The second kappa shape index (κ2) is 6.14. The van der Waals surface area contributed by atoms with Gasteiger partial charge in [-0.2, -0.15) is 0 Å². The number of hydrogen-bond acceptors (Lipinski definition) is 3. The van der Waals surface area contributed by atoms with E-state index in [0.717, 1.165) is 5.69 Å². The molecular weight excluding hydrogens is 192 g/mol. The summed E-state index contributed by atoms with van der Waals surface area (Å²) in [6.07, 6.45) is 2.37. The van der Waals surface area contributed by atoms with Gasteiger partial charge < -0.3 is 10.4 Å². The van der Waals surface area contributed by atoms with E-state index in [-0.39, 0.29) is 5.92 Å². The molecule has 4 nitrogen and oxygen atoms in total. The Morgan fingerprint density at radius 2 is 2.40 bits per heavy atom. The van der Waals surface area contributed by atoms with Crippen LogP contribution in [0.15, 0.2) is 24.4 Å². The van der Waals surface area contributed by atoms with Gasteiger partial charge in [-0.15, -0.1) is 0 Å². The van der Waals surface area contributed by atoms with E-state index in [9.17, 15) is 4.79 Å². The van der Waals surface area contributed by atoms with Crippen LogP contribution in [0.1, 0.15) is 19.0 Å². The van der Waals surface area contributed by atoms with E-state index in [4.69, 9.17) is 5.11 Å². The molecule has 2 N–H and O–H groups in total. The third-order valence-electron chi connectivity index (χ3n) is 2.27. The molecule has 82 valence electrons. The van der Waals surface area contributed by atoms with E-state index in [0.29, 0.717) is 19.5 Å². The first-order chi connectivity index (χ1) is 7.24. The summed E-state index contributed by atoms with van der Waals surface area (Å²) in [5.41, 5.74) is 0.928. The van der Waals surface area contributed by atoms with E-state index >= 15 is 0 Å². The number of carbonyl (C=O) groups is 1. The highest BCUT2D eigenvalue weighted by atomic mass is 16.4. The van der Waals surface area contributed by atoms with Gasteiger partial charge in [-0.25, -0.2) is 0 Å². The van der Waals surface area contributed by atoms with Gasteiger partial charge in [0, 0.05) is 19.3 Å². The number of carboxylic acids is 1. The zero-order chi connectivity index (χ0) is 11.1. The van der Waals surface area contributed by atoms with Gasteiger partial charge in [-0.1, -0.05) is 13.0 Å². The van der Waals surface area contributed by atoms with Gasteiger partial charge in [0.2, 0.25) is 0 Å². The van der Waals surface area contributed by atoms with Crippen LogP contribution in [0, 0.1) is 5.92 Å². The number of aromatic nitrogens is 1. The fraction of sp³-hybridized carbons (Fsp3) is 0.455. The molecule has 0 aliphatic rings. The average Bonchev–Trinajstić information content (AvgIpc) is 2.25. The summed E-state index contributed by atoms with van der Waals surface area (Å²) in [4.78, 5) is 14.9. The first kappa shape index (κ1) is 11.7. The molecule has 1 atom stereocenters. The molecule has 0 aliphatic heterocycles. The number of pyridine rings is 1. The lowest BCUT2D eigenvalue weighted by Gasteiger charge is -2.10. The van der Waals surface area contributed by atoms with Gasteiger partial charge in [0.05, 0.1) is 11.6 Å². The number of rotatable bonds is 6. The minimum absolute atomic E-state index is 0.311. The van der Waals surface area contributed by atoms with Crippen LogP contribution < -0.4 is 5.32 Å². The maximum absolute atomic E-state index is 10.7. The van der Waals surface area contributed by atoms with E-state index in [1.54, 1.807) is 6.20 Å². The molecule has 1 aromatic heterocycles. The lowest BCUT2D eigenvalue weighted by molar-refractivity contribution is -0.141. The minimum Gasteiger partial charge on any atom is -0.481 e. The first-order valence-electron chi connectivity index (χ1n) is 5.07. The summed E-state index contributed by atoms with van der Waals surface area (Å²) in [6, 6.07) is 5.68. The Hall–Kier alpha value is -1.42. The van der Waals surface area contributed by atoms with E-state index < -0.39 is 5.97 Å². The summed E-state index contributed by atoms with van der Waals surface area (Å²) in [6.45, 7) is 2.98. The van der Waals surface area contributed by atoms with E-state index in [1.807, 2.05) is 25.1 Å². The van der Waals surface area contributed by atoms with Crippen LogP contribution >= 0.6 is 0 Å². The topological polar surface area (TPSA) is 62.2 Å². The zero-order valence-electron chi connectivity index (χ0n) is 8.81. The Balaban J connectivity index is 2.30. The highest BCUT2D eigenvalue weighted by molar-refractivity contribution is 5.70. The van der Waals surface area contributed by atoms with Crippen molar-refractivity contribution in [2.45, 2.75) is 19.9 Å². The minimum atomic E-state index is -0.744. The normalized spacial score (nSPS) is 12.3. The van der Waals surface area contributed by atoms with Crippen LogP contribution in [0.2, 0.25) is 0 Å². The maximum Gasteiger partial charge on any atom is 0.307 e. The Morgan fingerprint density at radius 3 is 2.93 bits per heavy atom. The molecule has 4 heteroatoms. The number of hydrogen-bond donors (Lipinski definition) is 2. The number of nitrogens with zero attached hydrogens (tertiary/aromatic N) is 1. The Bertz CT molecular complexity index is 301. The molecule has 1 unspecified atom stereocenters. The molecule has 0 radical (unpaired) electrons. The summed E-state index contributed by atoms with van der Waals surface area (Å²) in [5, 5.41) is 11.9. The first-order valence-corrected chi connectivity index (χ1v) is 5.07. The number of aliphatic carboxylic acids is 1. The van der Waals surface area contributed by atoms with Crippen LogP contribution in [0.25, 0.3) is 0 Å². The standard InChI is InChI=1S/C11H16N2O2/c1-2-9(11(14)15)7-12-8-10-5-3-4-6-13-10/h3-6,9,12H,2,7-8H2,1H3,(H,14,15). The second-order valence-corrected chi connectivity index (χ2v) is 3.40. The molecule has 1 rings (SSSR count). The molecule has 0 fully saturated rings. The monoisotopic (exact) mass is 208 g/mol. The van der Waals surface area contributed by atoms with Crippen LogP contribution in [0.3, 0.4) is 0 Å². The Morgan fingerprint density at radius 1 is 1.60 bits per heavy atom. The Kier molecular flexibility index (Phi) is 4.77. The molecule has 0 amide bonds. The molecule has 15 heavy (non-hydrogen) atoms. The van der Waals surface area contributed by atoms with Gasteiger partial charge >= 0.3 is 5.97 Å². The quantitative estimate of drug-likeness (QED) is 0.739. The molecular formula is C11H16N2O2. The second-order valence-electron chi connectivity index (χ2n) is 3.40. The van der Waals surface area contributed by atoms with Crippen LogP contribution in [0.4, 0.5) is 0 Å². The van der Waals surface area contributed by atoms with Crippen molar-refractivity contribution in [2.75, 3.05) is 6.54 Å².